The van der Waals surface area contributed by atoms with Gasteiger partial charge in [0.2, 0.25) is 10.0 Å². The van der Waals surface area contributed by atoms with Crippen LogP contribution >= 0.6 is 11.6 Å². The molecule has 0 fully saturated rings. The van der Waals surface area contributed by atoms with Crippen molar-refractivity contribution in [2.24, 2.45) is 0 Å². The lowest BCUT2D eigenvalue weighted by Crippen LogP contribution is -2.26. The first-order valence-corrected chi connectivity index (χ1v) is 8.92. The number of hydrogen-bond acceptors (Lipinski definition) is 3. The number of nitrogens with one attached hydrogen (secondary N) is 1. The van der Waals surface area contributed by atoms with Gasteiger partial charge in [0.15, 0.2) is 0 Å². The number of aromatic nitrogens is 2. The molecule has 2 aromatic rings. The molecule has 0 aliphatic rings. The van der Waals surface area contributed by atoms with Gasteiger partial charge in [-0.25, -0.2) is 13.1 Å². The summed E-state index contributed by atoms with van der Waals surface area (Å²) < 4.78 is 29.0. The summed E-state index contributed by atoms with van der Waals surface area (Å²) in [5, 5.41) is 4.86. The van der Waals surface area contributed by atoms with Crippen LogP contribution in [0.3, 0.4) is 0 Å². The van der Waals surface area contributed by atoms with Crippen LogP contribution in [0.25, 0.3) is 0 Å². The second-order valence-electron chi connectivity index (χ2n) is 5.35. The molecule has 1 aromatic heterocycles. The molecule has 0 unspecified atom stereocenters. The van der Waals surface area contributed by atoms with E-state index in [0.717, 1.165) is 16.8 Å². The number of sulfonamides is 1. The van der Waals surface area contributed by atoms with Gasteiger partial charge in [0.25, 0.3) is 0 Å². The molecule has 1 aromatic carbocycles. The minimum Gasteiger partial charge on any atom is -0.271 e. The maximum absolute atomic E-state index is 12.3. The summed E-state index contributed by atoms with van der Waals surface area (Å²) in [4.78, 5) is 0.338. The smallest absolute Gasteiger partial charge is 0.240 e. The van der Waals surface area contributed by atoms with E-state index < -0.39 is 10.0 Å². The normalized spacial score (nSPS) is 11.8. The van der Waals surface area contributed by atoms with E-state index in [0.29, 0.717) is 29.4 Å². The third kappa shape index (κ3) is 4.09. The summed E-state index contributed by atoms with van der Waals surface area (Å²) in [6, 6.07) is 5.41. The van der Waals surface area contributed by atoms with Crippen molar-refractivity contribution < 1.29 is 8.42 Å². The highest BCUT2D eigenvalue weighted by Crippen LogP contribution is 2.16. The quantitative estimate of drug-likeness (QED) is 0.822. The highest BCUT2D eigenvalue weighted by molar-refractivity contribution is 7.89. The van der Waals surface area contributed by atoms with Crippen molar-refractivity contribution in [2.45, 2.75) is 38.6 Å². The third-order valence-corrected chi connectivity index (χ3v) is 5.35. The average molecular weight is 342 g/mol. The maximum Gasteiger partial charge on any atom is 0.240 e. The van der Waals surface area contributed by atoms with Gasteiger partial charge in [-0.05, 0) is 44.4 Å². The molecule has 2 rings (SSSR count). The molecule has 0 radical (unpaired) electrons. The van der Waals surface area contributed by atoms with E-state index in [1.54, 1.807) is 23.9 Å². The average Bonchev–Trinajstić information content (AvgIpc) is 2.76. The van der Waals surface area contributed by atoms with E-state index >= 15 is 0 Å². The topological polar surface area (TPSA) is 64.0 Å². The molecule has 0 spiro atoms. The fourth-order valence-electron chi connectivity index (χ4n) is 2.13. The van der Waals surface area contributed by atoms with Crippen molar-refractivity contribution in [3.05, 3.63) is 46.2 Å². The number of nitrogens with zero attached hydrogens (tertiary/aromatic N) is 2. The number of aryl methyl sites for hydroxylation is 4. The fraction of sp³-hybridized carbons (Fsp3) is 0.400. The molecular weight excluding hydrogens is 322 g/mol. The zero-order chi connectivity index (χ0) is 16.3. The van der Waals surface area contributed by atoms with Crippen LogP contribution in [-0.4, -0.2) is 24.7 Å². The van der Waals surface area contributed by atoms with Crippen molar-refractivity contribution in [3.8, 4) is 0 Å². The standard InChI is InChI=1S/C15H20ClN3O2S/c1-11-5-6-12(2)15(9-11)22(20,21)17-7-4-8-19-10-14(16)13(3)18-19/h5-6,9-10,17H,4,7-8H2,1-3H3. The Morgan fingerprint density at radius 3 is 2.64 bits per heavy atom. The van der Waals surface area contributed by atoms with Crippen LogP contribution in [0.2, 0.25) is 5.02 Å². The predicted octanol–water partition coefficient (Wildman–Crippen LogP) is 2.83. The summed E-state index contributed by atoms with van der Waals surface area (Å²) in [6.07, 6.45) is 2.39. The van der Waals surface area contributed by atoms with Gasteiger partial charge in [0.05, 0.1) is 15.6 Å². The van der Waals surface area contributed by atoms with Crippen molar-refractivity contribution in [1.82, 2.24) is 14.5 Å². The summed E-state index contributed by atoms with van der Waals surface area (Å²) in [6.45, 7) is 6.47. The summed E-state index contributed by atoms with van der Waals surface area (Å²) in [5.41, 5.74) is 2.44. The van der Waals surface area contributed by atoms with E-state index in [9.17, 15) is 8.42 Å². The Kier molecular flexibility index (Phi) is 5.26. The predicted molar refractivity (Wildman–Crippen MR) is 87.7 cm³/mol. The highest BCUT2D eigenvalue weighted by atomic mass is 35.5. The molecule has 7 heteroatoms. The molecule has 1 heterocycles. The number of halogens is 1. The highest BCUT2D eigenvalue weighted by Gasteiger charge is 2.16. The van der Waals surface area contributed by atoms with E-state index in [4.69, 9.17) is 11.6 Å². The number of rotatable bonds is 6. The van der Waals surface area contributed by atoms with Gasteiger partial charge in [-0.3, -0.25) is 4.68 Å². The van der Waals surface area contributed by atoms with Crippen molar-refractivity contribution in [1.29, 1.82) is 0 Å². The number of benzene rings is 1. The molecule has 120 valence electrons. The third-order valence-electron chi connectivity index (χ3n) is 3.38. The minimum atomic E-state index is -3.48. The fourth-order valence-corrected chi connectivity index (χ4v) is 3.68. The molecule has 22 heavy (non-hydrogen) atoms. The summed E-state index contributed by atoms with van der Waals surface area (Å²) in [7, 11) is -3.48. The summed E-state index contributed by atoms with van der Waals surface area (Å²) in [5.74, 6) is 0. The monoisotopic (exact) mass is 341 g/mol. The lowest BCUT2D eigenvalue weighted by molar-refractivity contribution is 0.551. The van der Waals surface area contributed by atoms with Gasteiger partial charge >= 0.3 is 0 Å². The molecule has 0 saturated carbocycles. The Balaban J connectivity index is 1.94. The van der Waals surface area contributed by atoms with Gasteiger partial charge in [-0.1, -0.05) is 23.7 Å². The largest absolute Gasteiger partial charge is 0.271 e. The Labute approximate surface area is 136 Å². The molecule has 5 nitrogen and oxygen atoms in total. The van der Waals surface area contributed by atoms with Gasteiger partial charge in [0.1, 0.15) is 0 Å². The Hall–Kier alpha value is -1.37. The molecule has 0 aliphatic heterocycles. The van der Waals surface area contributed by atoms with Gasteiger partial charge < -0.3 is 0 Å². The van der Waals surface area contributed by atoms with Crippen LogP contribution < -0.4 is 4.72 Å². The second-order valence-corrected chi connectivity index (χ2v) is 7.49. The Bertz CT molecular complexity index is 750. The zero-order valence-corrected chi connectivity index (χ0v) is 14.5. The maximum atomic E-state index is 12.3. The number of hydrogen-bond donors (Lipinski definition) is 1. The van der Waals surface area contributed by atoms with Gasteiger partial charge in [-0.15, -0.1) is 0 Å². The van der Waals surface area contributed by atoms with Crippen molar-refractivity contribution >= 4 is 21.6 Å². The molecule has 0 amide bonds. The lowest BCUT2D eigenvalue weighted by atomic mass is 10.2. The van der Waals surface area contributed by atoms with Gasteiger partial charge in [0, 0.05) is 19.3 Å². The Morgan fingerprint density at radius 1 is 1.27 bits per heavy atom. The van der Waals surface area contributed by atoms with Crippen molar-refractivity contribution in [3.63, 3.8) is 0 Å². The van der Waals surface area contributed by atoms with Crippen molar-refractivity contribution in [2.75, 3.05) is 6.54 Å². The first kappa shape index (κ1) is 17.0. The first-order chi connectivity index (χ1) is 10.3. The first-order valence-electron chi connectivity index (χ1n) is 7.06. The van der Waals surface area contributed by atoms with Crippen LogP contribution in [-0.2, 0) is 16.6 Å². The molecule has 0 bridgehead atoms. The molecule has 0 saturated heterocycles. The minimum absolute atomic E-state index is 0.338. The van der Waals surface area contributed by atoms with Gasteiger partial charge in [-0.2, -0.15) is 5.10 Å². The van der Waals surface area contributed by atoms with Crippen LogP contribution in [0.15, 0.2) is 29.3 Å². The molecular formula is C15H20ClN3O2S. The van der Waals surface area contributed by atoms with Crippen LogP contribution in [0, 0.1) is 20.8 Å². The van der Waals surface area contributed by atoms with E-state index in [-0.39, 0.29) is 0 Å². The van der Waals surface area contributed by atoms with Crippen LogP contribution in [0.4, 0.5) is 0 Å². The van der Waals surface area contributed by atoms with E-state index in [1.165, 1.54) is 0 Å². The lowest BCUT2D eigenvalue weighted by Gasteiger charge is -2.10. The van der Waals surface area contributed by atoms with E-state index in [1.807, 2.05) is 26.0 Å². The van der Waals surface area contributed by atoms with Crippen LogP contribution in [0.1, 0.15) is 23.2 Å². The SMILES string of the molecule is Cc1ccc(C)c(S(=O)(=O)NCCCn2cc(Cl)c(C)n2)c1. The summed E-state index contributed by atoms with van der Waals surface area (Å²) >= 11 is 5.93. The van der Waals surface area contributed by atoms with E-state index in [2.05, 4.69) is 9.82 Å². The zero-order valence-electron chi connectivity index (χ0n) is 12.9. The Morgan fingerprint density at radius 2 is 2.00 bits per heavy atom. The van der Waals surface area contributed by atoms with Crippen LogP contribution in [0.5, 0.6) is 0 Å². The molecule has 1 N–H and O–H groups in total. The molecule has 0 aliphatic carbocycles. The second kappa shape index (κ2) is 6.81. The molecule has 0 atom stereocenters.